The van der Waals surface area contributed by atoms with Crippen molar-refractivity contribution >= 4 is 11.9 Å². The predicted octanol–water partition coefficient (Wildman–Crippen LogP) is 2.34. The van der Waals surface area contributed by atoms with Gasteiger partial charge < -0.3 is 14.6 Å². The zero-order valence-corrected chi connectivity index (χ0v) is 12.3. The molecule has 0 saturated carbocycles. The smallest absolute Gasteiger partial charge is 0.337 e. The fourth-order valence-electron chi connectivity index (χ4n) is 2.07. The summed E-state index contributed by atoms with van der Waals surface area (Å²) in [4.78, 5) is 22.9. The fraction of sp³-hybridized carbons (Fsp3) is 0.176. The fourth-order valence-corrected chi connectivity index (χ4v) is 2.07. The largest absolute Gasteiger partial charge is 0.465 e. The van der Waals surface area contributed by atoms with Gasteiger partial charge in [0.05, 0.1) is 25.3 Å². The van der Waals surface area contributed by atoms with E-state index in [1.54, 1.807) is 48.5 Å². The number of esters is 2. The summed E-state index contributed by atoms with van der Waals surface area (Å²) in [6.45, 7) is 0. The minimum absolute atomic E-state index is 0.366. The van der Waals surface area contributed by atoms with Crippen LogP contribution >= 0.6 is 0 Å². The minimum atomic E-state index is -0.906. The Hall–Kier alpha value is -2.66. The first kappa shape index (κ1) is 15.7. The third kappa shape index (κ3) is 3.32. The second kappa shape index (κ2) is 6.87. The van der Waals surface area contributed by atoms with Gasteiger partial charge in [-0.25, -0.2) is 9.59 Å². The molecule has 0 aliphatic heterocycles. The van der Waals surface area contributed by atoms with E-state index < -0.39 is 18.0 Å². The highest BCUT2D eigenvalue weighted by Gasteiger charge is 2.14. The topological polar surface area (TPSA) is 72.8 Å². The minimum Gasteiger partial charge on any atom is -0.465 e. The van der Waals surface area contributed by atoms with Crippen LogP contribution in [0.3, 0.4) is 0 Å². The van der Waals surface area contributed by atoms with Crippen molar-refractivity contribution in [2.75, 3.05) is 14.2 Å². The molecule has 0 unspecified atom stereocenters. The maximum Gasteiger partial charge on any atom is 0.337 e. The Morgan fingerprint density at radius 2 is 1.45 bits per heavy atom. The van der Waals surface area contributed by atoms with Gasteiger partial charge in [-0.2, -0.15) is 0 Å². The van der Waals surface area contributed by atoms with Gasteiger partial charge >= 0.3 is 11.9 Å². The maximum atomic E-state index is 11.5. The Kier molecular flexibility index (Phi) is 4.91. The standard InChI is InChI=1S/C17H16O5/c1-21-16(19)12-8-6-11(7-9-12)15(18)13-4-3-5-14(10-13)17(20)22-2/h3-10,15,18H,1-2H3/t15-/m0/s1. The molecular formula is C17H16O5. The maximum absolute atomic E-state index is 11.5. The van der Waals surface area contributed by atoms with Gasteiger partial charge in [-0.05, 0) is 35.4 Å². The number of hydrogen-bond donors (Lipinski definition) is 1. The molecule has 0 amide bonds. The summed E-state index contributed by atoms with van der Waals surface area (Å²) in [7, 11) is 2.61. The molecule has 2 aromatic rings. The summed E-state index contributed by atoms with van der Waals surface area (Å²) >= 11 is 0. The van der Waals surface area contributed by atoms with E-state index in [2.05, 4.69) is 9.47 Å². The van der Waals surface area contributed by atoms with E-state index in [0.717, 1.165) is 0 Å². The Labute approximate surface area is 128 Å². The predicted molar refractivity (Wildman–Crippen MR) is 79.6 cm³/mol. The van der Waals surface area contributed by atoms with E-state index in [1.165, 1.54) is 14.2 Å². The third-order valence-corrected chi connectivity index (χ3v) is 3.27. The SMILES string of the molecule is COC(=O)c1ccc([C@H](O)c2cccc(C(=O)OC)c2)cc1. The molecule has 0 aromatic heterocycles. The second-order valence-electron chi connectivity index (χ2n) is 4.63. The van der Waals surface area contributed by atoms with E-state index in [-0.39, 0.29) is 0 Å². The normalized spacial score (nSPS) is 11.6. The van der Waals surface area contributed by atoms with Crippen molar-refractivity contribution < 1.29 is 24.2 Å². The highest BCUT2D eigenvalue weighted by atomic mass is 16.5. The van der Waals surface area contributed by atoms with E-state index >= 15 is 0 Å². The van der Waals surface area contributed by atoms with Crippen molar-refractivity contribution in [3.8, 4) is 0 Å². The van der Waals surface area contributed by atoms with Gasteiger partial charge in [-0.3, -0.25) is 0 Å². The lowest BCUT2D eigenvalue weighted by atomic mass is 9.99. The van der Waals surface area contributed by atoms with Crippen LogP contribution in [0.5, 0.6) is 0 Å². The number of aliphatic hydroxyl groups excluding tert-OH is 1. The molecule has 22 heavy (non-hydrogen) atoms. The van der Waals surface area contributed by atoms with E-state index in [9.17, 15) is 14.7 Å². The molecule has 114 valence electrons. The lowest BCUT2D eigenvalue weighted by molar-refractivity contribution is 0.0591. The molecule has 0 aliphatic carbocycles. The second-order valence-corrected chi connectivity index (χ2v) is 4.63. The molecule has 2 rings (SSSR count). The molecule has 2 aromatic carbocycles. The zero-order valence-electron chi connectivity index (χ0n) is 12.3. The Morgan fingerprint density at radius 3 is 2.05 bits per heavy atom. The van der Waals surface area contributed by atoms with Crippen LogP contribution in [0.25, 0.3) is 0 Å². The summed E-state index contributed by atoms with van der Waals surface area (Å²) < 4.78 is 9.28. The molecule has 0 saturated heterocycles. The van der Waals surface area contributed by atoms with Crippen LogP contribution in [0, 0.1) is 0 Å². The van der Waals surface area contributed by atoms with Gasteiger partial charge in [-0.1, -0.05) is 24.3 Å². The van der Waals surface area contributed by atoms with Crippen LogP contribution in [-0.4, -0.2) is 31.3 Å². The highest BCUT2D eigenvalue weighted by molar-refractivity contribution is 5.90. The first-order chi connectivity index (χ1) is 10.6. The van der Waals surface area contributed by atoms with Crippen molar-refractivity contribution in [1.29, 1.82) is 0 Å². The van der Waals surface area contributed by atoms with E-state index in [4.69, 9.17) is 0 Å². The molecule has 1 atom stereocenters. The van der Waals surface area contributed by atoms with Crippen LogP contribution in [0.2, 0.25) is 0 Å². The lowest BCUT2D eigenvalue weighted by Crippen LogP contribution is -2.06. The number of methoxy groups -OCH3 is 2. The van der Waals surface area contributed by atoms with Gasteiger partial charge in [0.2, 0.25) is 0 Å². The molecular weight excluding hydrogens is 284 g/mol. The van der Waals surface area contributed by atoms with Gasteiger partial charge in [0.1, 0.15) is 6.10 Å². The van der Waals surface area contributed by atoms with Crippen LogP contribution in [-0.2, 0) is 9.47 Å². The number of ether oxygens (including phenoxy) is 2. The first-order valence-corrected chi connectivity index (χ1v) is 6.61. The average Bonchev–Trinajstić information content (AvgIpc) is 2.59. The number of benzene rings is 2. The van der Waals surface area contributed by atoms with Gasteiger partial charge in [0, 0.05) is 0 Å². The zero-order chi connectivity index (χ0) is 16.1. The van der Waals surface area contributed by atoms with Crippen molar-refractivity contribution in [1.82, 2.24) is 0 Å². The van der Waals surface area contributed by atoms with Crippen LogP contribution in [0.4, 0.5) is 0 Å². The molecule has 0 heterocycles. The van der Waals surface area contributed by atoms with Crippen LogP contribution < -0.4 is 0 Å². The van der Waals surface area contributed by atoms with Crippen molar-refractivity contribution in [3.05, 3.63) is 70.8 Å². The number of carbonyl (C=O) groups excluding carboxylic acids is 2. The monoisotopic (exact) mass is 300 g/mol. The van der Waals surface area contributed by atoms with E-state index in [1.807, 2.05) is 0 Å². The van der Waals surface area contributed by atoms with Gasteiger partial charge in [0.15, 0.2) is 0 Å². The van der Waals surface area contributed by atoms with Crippen LogP contribution in [0.15, 0.2) is 48.5 Å². The number of carbonyl (C=O) groups is 2. The summed E-state index contributed by atoms with van der Waals surface area (Å²) in [5, 5.41) is 10.4. The summed E-state index contributed by atoms with van der Waals surface area (Å²) in [5.41, 5.74) is 1.94. The van der Waals surface area contributed by atoms with Crippen molar-refractivity contribution in [2.24, 2.45) is 0 Å². The van der Waals surface area contributed by atoms with Gasteiger partial charge in [-0.15, -0.1) is 0 Å². The molecule has 0 bridgehead atoms. The molecule has 0 spiro atoms. The average molecular weight is 300 g/mol. The van der Waals surface area contributed by atoms with Crippen LogP contribution in [0.1, 0.15) is 37.9 Å². The number of hydrogen-bond acceptors (Lipinski definition) is 5. The summed E-state index contributed by atoms with van der Waals surface area (Å²) in [6.07, 6.45) is -0.906. The molecule has 0 fully saturated rings. The summed E-state index contributed by atoms with van der Waals surface area (Å²) in [5.74, 6) is -0.899. The number of aliphatic hydroxyl groups is 1. The molecule has 5 heteroatoms. The molecule has 0 radical (unpaired) electrons. The number of rotatable bonds is 4. The molecule has 5 nitrogen and oxygen atoms in total. The van der Waals surface area contributed by atoms with Crippen molar-refractivity contribution in [3.63, 3.8) is 0 Å². The van der Waals surface area contributed by atoms with Gasteiger partial charge in [0.25, 0.3) is 0 Å². The Balaban J connectivity index is 2.26. The quantitative estimate of drug-likeness (QED) is 0.877. The highest BCUT2D eigenvalue weighted by Crippen LogP contribution is 2.23. The van der Waals surface area contributed by atoms with E-state index in [0.29, 0.717) is 22.3 Å². The molecule has 0 aliphatic rings. The lowest BCUT2D eigenvalue weighted by Gasteiger charge is -2.13. The third-order valence-electron chi connectivity index (χ3n) is 3.27. The molecule has 1 N–H and O–H groups in total. The Morgan fingerprint density at radius 1 is 0.864 bits per heavy atom. The first-order valence-electron chi connectivity index (χ1n) is 6.61. The van der Waals surface area contributed by atoms with Crippen molar-refractivity contribution in [2.45, 2.75) is 6.10 Å². The summed E-state index contributed by atoms with van der Waals surface area (Å²) in [6, 6.07) is 13.0. The Bertz CT molecular complexity index is 676.